The number of rotatable bonds is 4. The highest BCUT2D eigenvalue weighted by molar-refractivity contribution is 5.12. The van der Waals surface area contributed by atoms with Crippen LogP contribution in [-0.4, -0.2) is 23.2 Å². The SMILES string of the molecule is CCCC1(c2nc(C3CC4CCC3C4)no2)CCNCC1. The van der Waals surface area contributed by atoms with Gasteiger partial charge in [0.1, 0.15) is 0 Å². The second-order valence-corrected chi connectivity index (χ2v) is 7.52. The quantitative estimate of drug-likeness (QED) is 0.923. The molecule has 0 aromatic carbocycles. The van der Waals surface area contributed by atoms with Crippen molar-refractivity contribution in [2.75, 3.05) is 13.1 Å². The van der Waals surface area contributed by atoms with E-state index in [1.54, 1.807) is 0 Å². The fraction of sp³-hybridized carbons (Fsp3) is 0.882. The van der Waals surface area contributed by atoms with Gasteiger partial charge >= 0.3 is 0 Å². The Morgan fingerprint density at radius 3 is 2.76 bits per heavy atom. The molecule has 3 aliphatic rings. The van der Waals surface area contributed by atoms with E-state index in [-0.39, 0.29) is 5.41 Å². The molecule has 0 spiro atoms. The van der Waals surface area contributed by atoms with E-state index in [9.17, 15) is 0 Å². The molecule has 1 aliphatic heterocycles. The molecule has 4 heteroatoms. The van der Waals surface area contributed by atoms with Crippen molar-refractivity contribution in [3.63, 3.8) is 0 Å². The molecule has 1 saturated heterocycles. The maximum atomic E-state index is 5.79. The molecule has 0 radical (unpaired) electrons. The zero-order chi connectivity index (χ0) is 14.3. The highest BCUT2D eigenvalue weighted by Gasteiger charge is 2.44. The van der Waals surface area contributed by atoms with Gasteiger partial charge in [0.25, 0.3) is 0 Å². The third-order valence-electron chi connectivity index (χ3n) is 6.25. The zero-order valence-corrected chi connectivity index (χ0v) is 13.1. The van der Waals surface area contributed by atoms with Crippen LogP contribution in [0.25, 0.3) is 0 Å². The first-order valence-corrected chi connectivity index (χ1v) is 8.85. The Balaban J connectivity index is 1.57. The number of hydrogen-bond acceptors (Lipinski definition) is 4. The van der Waals surface area contributed by atoms with Crippen molar-refractivity contribution in [1.82, 2.24) is 15.5 Å². The van der Waals surface area contributed by atoms with Gasteiger partial charge in [-0.25, -0.2) is 0 Å². The van der Waals surface area contributed by atoms with Crippen LogP contribution >= 0.6 is 0 Å². The van der Waals surface area contributed by atoms with Crippen molar-refractivity contribution in [1.29, 1.82) is 0 Å². The molecule has 116 valence electrons. The molecule has 3 fully saturated rings. The molecule has 3 unspecified atom stereocenters. The van der Waals surface area contributed by atoms with Gasteiger partial charge < -0.3 is 9.84 Å². The van der Waals surface area contributed by atoms with E-state index in [1.165, 1.54) is 38.5 Å². The molecule has 2 saturated carbocycles. The number of piperidine rings is 1. The third-order valence-corrected chi connectivity index (χ3v) is 6.25. The molecule has 3 atom stereocenters. The van der Waals surface area contributed by atoms with E-state index in [4.69, 9.17) is 9.51 Å². The molecule has 4 rings (SSSR count). The molecule has 2 heterocycles. The molecular formula is C17H27N3O. The number of nitrogens with zero attached hydrogens (tertiary/aromatic N) is 2. The molecule has 2 bridgehead atoms. The number of aromatic nitrogens is 2. The first-order valence-electron chi connectivity index (χ1n) is 8.85. The number of hydrogen-bond donors (Lipinski definition) is 1. The summed E-state index contributed by atoms with van der Waals surface area (Å²) in [5.41, 5.74) is 0.142. The minimum absolute atomic E-state index is 0.142. The number of fused-ring (bicyclic) bond motifs is 2. The van der Waals surface area contributed by atoms with Crippen LogP contribution in [0.1, 0.15) is 75.9 Å². The summed E-state index contributed by atoms with van der Waals surface area (Å²) < 4.78 is 5.79. The molecule has 1 N–H and O–H groups in total. The Labute approximate surface area is 127 Å². The average Bonchev–Trinajstić information content (AvgIpc) is 3.24. The first kappa shape index (κ1) is 13.7. The third kappa shape index (κ3) is 2.32. The summed E-state index contributed by atoms with van der Waals surface area (Å²) in [5, 5.41) is 7.87. The predicted molar refractivity (Wildman–Crippen MR) is 81.2 cm³/mol. The number of nitrogens with one attached hydrogen (secondary N) is 1. The molecule has 1 aromatic rings. The van der Waals surface area contributed by atoms with Crippen molar-refractivity contribution in [2.24, 2.45) is 11.8 Å². The summed E-state index contributed by atoms with van der Waals surface area (Å²) in [6.45, 7) is 4.41. The molecule has 1 aromatic heterocycles. The highest BCUT2D eigenvalue weighted by Crippen LogP contribution is 2.52. The van der Waals surface area contributed by atoms with Crippen LogP contribution in [0.3, 0.4) is 0 Å². The minimum Gasteiger partial charge on any atom is -0.339 e. The summed E-state index contributed by atoms with van der Waals surface area (Å²) >= 11 is 0. The Kier molecular flexibility index (Phi) is 3.52. The Morgan fingerprint density at radius 2 is 2.10 bits per heavy atom. The van der Waals surface area contributed by atoms with Crippen molar-refractivity contribution in [3.05, 3.63) is 11.7 Å². The largest absolute Gasteiger partial charge is 0.339 e. The lowest BCUT2D eigenvalue weighted by atomic mass is 9.75. The topological polar surface area (TPSA) is 51.0 Å². The van der Waals surface area contributed by atoms with Gasteiger partial charge in [-0.3, -0.25) is 0 Å². The maximum Gasteiger partial charge on any atom is 0.232 e. The lowest BCUT2D eigenvalue weighted by molar-refractivity contribution is 0.208. The second kappa shape index (κ2) is 5.38. The van der Waals surface area contributed by atoms with E-state index in [0.29, 0.717) is 5.92 Å². The van der Waals surface area contributed by atoms with Crippen LogP contribution in [-0.2, 0) is 5.41 Å². The van der Waals surface area contributed by atoms with Crippen LogP contribution in [0, 0.1) is 11.8 Å². The van der Waals surface area contributed by atoms with E-state index >= 15 is 0 Å². The van der Waals surface area contributed by atoms with Gasteiger partial charge in [-0.15, -0.1) is 0 Å². The Bertz CT molecular complexity index is 486. The smallest absolute Gasteiger partial charge is 0.232 e. The van der Waals surface area contributed by atoms with Gasteiger partial charge in [0.05, 0.1) is 5.41 Å². The van der Waals surface area contributed by atoms with Gasteiger partial charge in [0.15, 0.2) is 5.82 Å². The molecule has 21 heavy (non-hydrogen) atoms. The van der Waals surface area contributed by atoms with Gasteiger partial charge in [0, 0.05) is 5.92 Å². The van der Waals surface area contributed by atoms with Crippen molar-refractivity contribution < 1.29 is 4.52 Å². The highest BCUT2D eigenvalue weighted by atomic mass is 16.5. The molecule has 0 amide bonds. The lowest BCUT2D eigenvalue weighted by Crippen LogP contribution is -2.40. The van der Waals surface area contributed by atoms with Gasteiger partial charge in [-0.05, 0) is 63.5 Å². The molecule has 4 nitrogen and oxygen atoms in total. The van der Waals surface area contributed by atoms with E-state index in [2.05, 4.69) is 17.4 Å². The second-order valence-electron chi connectivity index (χ2n) is 7.52. The lowest BCUT2D eigenvalue weighted by Gasteiger charge is -2.34. The maximum absolute atomic E-state index is 5.79. The molecular weight excluding hydrogens is 262 g/mol. The summed E-state index contributed by atoms with van der Waals surface area (Å²) in [7, 11) is 0. The summed E-state index contributed by atoms with van der Waals surface area (Å²) in [4.78, 5) is 4.92. The van der Waals surface area contributed by atoms with Crippen molar-refractivity contribution >= 4 is 0 Å². The monoisotopic (exact) mass is 289 g/mol. The Hall–Kier alpha value is -0.900. The van der Waals surface area contributed by atoms with E-state index in [1.807, 2.05) is 0 Å². The van der Waals surface area contributed by atoms with Gasteiger partial charge in [-0.1, -0.05) is 24.9 Å². The molecule has 2 aliphatic carbocycles. The summed E-state index contributed by atoms with van der Waals surface area (Å²) in [6.07, 6.45) is 10.1. The van der Waals surface area contributed by atoms with Crippen LogP contribution in [0.15, 0.2) is 4.52 Å². The predicted octanol–water partition coefficient (Wildman–Crippen LogP) is 3.39. The Morgan fingerprint density at radius 1 is 1.24 bits per heavy atom. The fourth-order valence-electron chi connectivity index (χ4n) is 5.12. The average molecular weight is 289 g/mol. The normalized spacial score (nSPS) is 34.4. The zero-order valence-electron chi connectivity index (χ0n) is 13.1. The van der Waals surface area contributed by atoms with Gasteiger partial charge in [-0.2, -0.15) is 4.98 Å². The van der Waals surface area contributed by atoms with Crippen LogP contribution < -0.4 is 5.32 Å². The van der Waals surface area contributed by atoms with E-state index < -0.39 is 0 Å². The van der Waals surface area contributed by atoms with Gasteiger partial charge in [0.2, 0.25) is 5.89 Å². The van der Waals surface area contributed by atoms with Crippen LogP contribution in [0.4, 0.5) is 0 Å². The summed E-state index contributed by atoms with van der Waals surface area (Å²) in [6, 6.07) is 0. The first-order chi connectivity index (χ1) is 10.3. The standard InChI is InChI=1S/C17H27N3O/c1-2-5-17(6-8-18-9-7-17)16-19-15(20-21-16)14-11-12-3-4-13(14)10-12/h12-14,18H,2-11H2,1H3. The van der Waals surface area contributed by atoms with Crippen LogP contribution in [0.2, 0.25) is 0 Å². The van der Waals surface area contributed by atoms with Crippen molar-refractivity contribution in [2.45, 2.75) is 69.6 Å². The van der Waals surface area contributed by atoms with E-state index in [0.717, 1.165) is 49.5 Å². The van der Waals surface area contributed by atoms with Crippen molar-refractivity contribution in [3.8, 4) is 0 Å². The van der Waals surface area contributed by atoms with Crippen LogP contribution in [0.5, 0.6) is 0 Å². The fourth-order valence-corrected chi connectivity index (χ4v) is 5.12. The minimum atomic E-state index is 0.142. The summed E-state index contributed by atoms with van der Waals surface area (Å²) in [5.74, 6) is 4.30.